The third-order valence-electron chi connectivity index (χ3n) is 5.74. The van der Waals surface area contributed by atoms with Gasteiger partial charge in [0.25, 0.3) is 5.56 Å². The van der Waals surface area contributed by atoms with E-state index in [1.54, 1.807) is 31.2 Å². The zero-order valence-electron chi connectivity index (χ0n) is 17.5. The molecule has 10 heteroatoms. The van der Waals surface area contributed by atoms with Gasteiger partial charge in [-0.05, 0) is 36.8 Å². The number of para-hydroxylation sites is 1. The zero-order chi connectivity index (χ0) is 23.3. The summed E-state index contributed by atoms with van der Waals surface area (Å²) in [5.74, 6) is -0.797. The highest BCUT2D eigenvalue weighted by atomic mass is 32.1. The van der Waals surface area contributed by atoms with Crippen LogP contribution in [0.2, 0.25) is 0 Å². The van der Waals surface area contributed by atoms with E-state index in [4.69, 9.17) is 9.47 Å². The summed E-state index contributed by atoms with van der Waals surface area (Å²) in [6.45, 7) is -1.21. The van der Waals surface area contributed by atoms with Gasteiger partial charge < -0.3 is 14.2 Å². The van der Waals surface area contributed by atoms with Crippen LogP contribution in [0.3, 0.4) is 0 Å². The number of ether oxygens (including phenoxy) is 3. The number of halogens is 2. The van der Waals surface area contributed by atoms with Gasteiger partial charge in [0.05, 0.1) is 17.7 Å². The smallest absolute Gasteiger partial charge is 0.387 e. The third kappa shape index (κ3) is 3.50. The molecule has 33 heavy (non-hydrogen) atoms. The number of methoxy groups -OCH3 is 1. The Kier molecular flexibility index (Phi) is 5.04. The first-order valence-electron chi connectivity index (χ1n) is 10.0. The van der Waals surface area contributed by atoms with Gasteiger partial charge in [-0.25, -0.2) is 4.99 Å². The maximum absolute atomic E-state index is 13.5. The minimum absolute atomic E-state index is 0.0238. The summed E-state index contributed by atoms with van der Waals surface area (Å²) in [5, 5.41) is 0. The standard InChI is InChI=1S/C23H18F2N2O5S/c1-23-17(20(29)30-2)18(14-5-3-4-6-15(14)32-23)27-19(28)16(33-22(27)26-23)11-12-7-9-13(10-8-12)31-21(24)25/h3-11,17-18,21H,1-2H3/t17-,18-,23-/m1/s1. The molecule has 2 aromatic carbocycles. The normalized spacial score (nSPS) is 23.2. The summed E-state index contributed by atoms with van der Waals surface area (Å²) >= 11 is 1.17. The number of rotatable bonds is 4. The molecule has 170 valence electrons. The number of carbonyl (C=O) groups excluding carboxylic acids is 1. The van der Waals surface area contributed by atoms with Crippen LogP contribution in [0.5, 0.6) is 11.5 Å². The topological polar surface area (TPSA) is 79.1 Å². The molecule has 0 amide bonds. The minimum Gasteiger partial charge on any atom is -0.469 e. The average Bonchev–Trinajstić information content (AvgIpc) is 3.07. The van der Waals surface area contributed by atoms with Crippen molar-refractivity contribution in [2.45, 2.75) is 25.3 Å². The lowest BCUT2D eigenvalue weighted by Gasteiger charge is -2.44. The van der Waals surface area contributed by atoms with Crippen LogP contribution < -0.4 is 24.4 Å². The lowest BCUT2D eigenvalue weighted by Crippen LogP contribution is -2.58. The van der Waals surface area contributed by atoms with E-state index in [1.165, 1.54) is 35.1 Å². The highest BCUT2D eigenvalue weighted by Gasteiger charge is 2.55. The molecule has 3 aromatic rings. The predicted molar refractivity (Wildman–Crippen MR) is 115 cm³/mol. The number of hydrogen-bond donors (Lipinski definition) is 0. The number of thiazole rings is 1. The number of aromatic nitrogens is 1. The van der Waals surface area contributed by atoms with Crippen LogP contribution in [0.15, 0.2) is 58.3 Å². The first-order valence-corrected chi connectivity index (χ1v) is 10.9. The van der Waals surface area contributed by atoms with Crippen LogP contribution in [0.1, 0.15) is 24.1 Å². The highest BCUT2D eigenvalue weighted by Crippen LogP contribution is 2.47. The van der Waals surface area contributed by atoms with Gasteiger partial charge >= 0.3 is 12.6 Å². The molecule has 2 aliphatic heterocycles. The van der Waals surface area contributed by atoms with Crippen LogP contribution in [0.25, 0.3) is 6.08 Å². The molecule has 0 aliphatic carbocycles. The SMILES string of the molecule is COC(=O)[C@H]1[C@H]2c3ccccc3O[C@@]1(C)N=c1sc(=Cc3ccc(OC(F)F)cc3)c(=O)n12. The second kappa shape index (κ2) is 7.80. The molecule has 0 N–H and O–H groups in total. The average molecular weight is 472 g/mol. The second-order valence-electron chi connectivity index (χ2n) is 7.77. The molecule has 3 atom stereocenters. The molecular weight excluding hydrogens is 454 g/mol. The summed E-state index contributed by atoms with van der Waals surface area (Å²) in [5.41, 5.74) is -0.233. The second-order valence-corrected chi connectivity index (χ2v) is 8.78. The number of carbonyl (C=O) groups is 1. The predicted octanol–water partition coefficient (Wildman–Crippen LogP) is 2.46. The number of alkyl halides is 2. The van der Waals surface area contributed by atoms with E-state index in [0.717, 1.165) is 0 Å². The molecule has 0 radical (unpaired) electrons. The molecule has 3 heterocycles. The Morgan fingerprint density at radius 1 is 1.24 bits per heavy atom. The van der Waals surface area contributed by atoms with Gasteiger partial charge in [-0.3, -0.25) is 14.2 Å². The Balaban J connectivity index is 1.67. The van der Waals surface area contributed by atoms with E-state index >= 15 is 0 Å². The van der Waals surface area contributed by atoms with Gasteiger partial charge in [0.1, 0.15) is 17.4 Å². The Labute approximate surface area is 190 Å². The van der Waals surface area contributed by atoms with Crippen molar-refractivity contribution >= 4 is 23.4 Å². The molecule has 1 aromatic heterocycles. The Bertz CT molecular complexity index is 1420. The first kappa shape index (κ1) is 21.3. The molecular formula is C23H18F2N2O5S. The highest BCUT2D eigenvalue weighted by molar-refractivity contribution is 7.07. The largest absolute Gasteiger partial charge is 0.469 e. The van der Waals surface area contributed by atoms with Crippen molar-refractivity contribution in [2.75, 3.05) is 7.11 Å². The monoisotopic (exact) mass is 472 g/mol. The summed E-state index contributed by atoms with van der Waals surface area (Å²) in [6.07, 6.45) is 1.65. The van der Waals surface area contributed by atoms with E-state index in [2.05, 4.69) is 9.73 Å². The van der Waals surface area contributed by atoms with Crippen LogP contribution in [-0.2, 0) is 9.53 Å². The van der Waals surface area contributed by atoms with Crippen molar-refractivity contribution < 1.29 is 27.8 Å². The maximum Gasteiger partial charge on any atom is 0.387 e. The third-order valence-corrected chi connectivity index (χ3v) is 6.72. The van der Waals surface area contributed by atoms with Gasteiger partial charge in [-0.15, -0.1) is 0 Å². The quantitative estimate of drug-likeness (QED) is 0.545. The van der Waals surface area contributed by atoms with Crippen molar-refractivity contribution in [3.63, 3.8) is 0 Å². The number of hydrogen-bond acceptors (Lipinski definition) is 7. The zero-order valence-corrected chi connectivity index (χ0v) is 18.3. The Hall–Kier alpha value is -3.53. The van der Waals surface area contributed by atoms with Gasteiger partial charge in [0.15, 0.2) is 4.80 Å². The van der Waals surface area contributed by atoms with Crippen molar-refractivity contribution in [1.29, 1.82) is 0 Å². The number of nitrogens with zero attached hydrogens (tertiary/aromatic N) is 2. The summed E-state index contributed by atoms with van der Waals surface area (Å²) in [7, 11) is 1.29. The van der Waals surface area contributed by atoms with Gasteiger partial charge in [0.2, 0.25) is 5.72 Å². The van der Waals surface area contributed by atoms with Crippen LogP contribution in [-0.4, -0.2) is 30.0 Å². The van der Waals surface area contributed by atoms with Crippen LogP contribution in [0, 0.1) is 5.92 Å². The Morgan fingerprint density at radius 3 is 2.67 bits per heavy atom. The van der Waals surface area contributed by atoms with Crippen LogP contribution in [0.4, 0.5) is 8.78 Å². The van der Waals surface area contributed by atoms with Crippen molar-refractivity contribution in [1.82, 2.24) is 4.57 Å². The lowest BCUT2D eigenvalue weighted by molar-refractivity contribution is -0.158. The molecule has 0 fully saturated rings. The number of esters is 1. The molecule has 2 bridgehead atoms. The molecule has 0 spiro atoms. The van der Waals surface area contributed by atoms with E-state index < -0.39 is 30.3 Å². The fraction of sp³-hybridized carbons (Fsp3) is 0.261. The molecule has 5 rings (SSSR count). The van der Waals surface area contributed by atoms with E-state index in [1.807, 2.05) is 18.2 Å². The summed E-state index contributed by atoms with van der Waals surface area (Å²) in [6, 6.07) is 12.5. The Morgan fingerprint density at radius 2 is 1.97 bits per heavy atom. The van der Waals surface area contributed by atoms with Crippen molar-refractivity contribution in [2.24, 2.45) is 10.9 Å². The van der Waals surface area contributed by atoms with Gasteiger partial charge in [-0.1, -0.05) is 41.7 Å². The van der Waals surface area contributed by atoms with Crippen LogP contribution >= 0.6 is 11.3 Å². The summed E-state index contributed by atoms with van der Waals surface area (Å²) in [4.78, 5) is 31.3. The fourth-order valence-corrected chi connectivity index (χ4v) is 5.43. The first-order chi connectivity index (χ1) is 15.8. The maximum atomic E-state index is 13.5. The van der Waals surface area contributed by atoms with E-state index in [0.29, 0.717) is 26.2 Å². The molecule has 2 aliphatic rings. The van der Waals surface area contributed by atoms with Crippen molar-refractivity contribution in [3.05, 3.63) is 79.3 Å². The van der Waals surface area contributed by atoms with Gasteiger partial charge in [0, 0.05) is 5.56 Å². The molecule has 0 unspecified atom stereocenters. The minimum atomic E-state index is -2.91. The van der Waals surface area contributed by atoms with E-state index in [9.17, 15) is 18.4 Å². The number of benzene rings is 2. The summed E-state index contributed by atoms with van der Waals surface area (Å²) < 4.78 is 42.2. The fourth-order valence-electron chi connectivity index (χ4n) is 4.33. The van der Waals surface area contributed by atoms with Crippen molar-refractivity contribution in [3.8, 4) is 11.5 Å². The van der Waals surface area contributed by atoms with Gasteiger partial charge in [-0.2, -0.15) is 8.78 Å². The molecule has 0 saturated carbocycles. The molecule has 0 saturated heterocycles. The molecule has 7 nitrogen and oxygen atoms in total. The lowest BCUT2D eigenvalue weighted by atomic mass is 9.81. The number of fused-ring (bicyclic) bond motifs is 6. The van der Waals surface area contributed by atoms with E-state index in [-0.39, 0.29) is 11.3 Å².